The normalized spacial score (nSPS) is 12.5. The van der Waals surface area contributed by atoms with Crippen molar-refractivity contribution in [1.29, 1.82) is 0 Å². The molecular formula is C9H20N2O2. The van der Waals surface area contributed by atoms with Gasteiger partial charge in [0.25, 0.3) is 0 Å². The van der Waals surface area contributed by atoms with Gasteiger partial charge in [0.1, 0.15) is 6.04 Å². The van der Waals surface area contributed by atoms with Crippen LogP contribution in [0.15, 0.2) is 0 Å². The van der Waals surface area contributed by atoms with E-state index < -0.39 is 6.04 Å². The molecule has 0 aliphatic rings. The summed E-state index contributed by atoms with van der Waals surface area (Å²) in [5.41, 5.74) is 5.53. The van der Waals surface area contributed by atoms with E-state index in [1.807, 2.05) is 0 Å². The molecule has 0 bridgehead atoms. The van der Waals surface area contributed by atoms with Crippen LogP contribution < -0.4 is 11.1 Å². The van der Waals surface area contributed by atoms with Gasteiger partial charge in [-0.2, -0.15) is 0 Å². The molecule has 4 nitrogen and oxygen atoms in total. The van der Waals surface area contributed by atoms with Crippen LogP contribution in [0.5, 0.6) is 0 Å². The minimum absolute atomic E-state index is 0.336. The van der Waals surface area contributed by atoms with Gasteiger partial charge in [0, 0.05) is 0 Å². The van der Waals surface area contributed by atoms with Gasteiger partial charge in [-0.25, -0.2) is 0 Å². The summed E-state index contributed by atoms with van der Waals surface area (Å²) < 4.78 is 4.50. The highest BCUT2D eigenvalue weighted by Crippen LogP contribution is 1.90. The molecule has 0 spiro atoms. The summed E-state index contributed by atoms with van der Waals surface area (Å²) in [6.07, 6.45) is 2.97. The number of methoxy groups -OCH3 is 1. The third-order valence-electron chi connectivity index (χ3n) is 1.84. The Bertz CT molecular complexity index is 140. The lowest BCUT2D eigenvalue weighted by Gasteiger charge is -2.09. The van der Waals surface area contributed by atoms with Crippen LogP contribution in [0.2, 0.25) is 0 Å². The highest BCUT2D eigenvalue weighted by atomic mass is 16.5. The van der Waals surface area contributed by atoms with Crippen molar-refractivity contribution in [3.05, 3.63) is 0 Å². The largest absolute Gasteiger partial charge is 0.468 e. The van der Waals surface area contributed by atoms with Crippen molar-refractivity contribution in [3.8, 4) is 0 Å². The van der Waals surface area contributed by atoms with Crippen molar-refractivity contribution in [2.24, 2.45) is 5.73 Å². The first kappa shape index (κ1) is 12.4. The Balaban J connectivity index is 3.26. The molecular weight excluding hydrogens is 168 g/mol. The topological polar surface area (TPSA) is 64.3 Å². The van der Waals surface area contributed by atoms with Crippen molar-refractivity contribution in [1.82, 2.24) is 5.32 Å². The van der Waals surface area contributed by atoms with Gasteiger partial charge in [0.05, 0.1) is 7.11 Å². The number of esters is 1. The van der Waals surface area contributed by atoms with E-state index in [0.29, 0.717) is 6.42 Å². The summed E-state index contributed by atoms with van der Waals surface area (Å²) in [6, 6.07) is -0.487. The van der Waals surface area contributed by atoms with Gasteiger partial charge in [-0.3, -0.25) is 4.79 Å². The molecule has 0 rings (SSSR count). The second kappa shape index (κ2) is 8.01. The molecule has 0 aromatic heterocycles. The molecule has 1 unspecified atom stereocenters. The minimum atomic E-state index is -0.487. The molecule has 1 atom stereocenters. The molecule has 0 aromatic carbocycles. The Morgan fingerprint density at radius 3 is 2.77 bits per heavy atom. The number of rotatable bonds is 7. The second-order valence-electron chi connectivity index (χ2n) is 3.02. The van der Waals surface area contributed by atoms with E-state index in [-0.39, 0.29) is 5.97 Å². The van der Waals surface area contributed by atoms with Crippen molar-refractivity contribution >= 4 is 5.97 Å². The van der Waals surface area contributed by atoms with E-state index in [1.54, 1.807) is 0 Å². The van der Waals surface area contributed by atoms with E-state index in [0.717, 1.165) is 19.5 Å². The van der Waals surface area contributed by atoms with Crippen LogP contribution in [-0.2, 0) is 9.53 Å². The molecule has 0 radical (unpaired) electrons. The molecule has 78 valence electrons. The SMILES string of the molecule is CCCCNCCC(N)C(=O)OC. The lowest BCUT2D eigenvalue weighted by atomic mass is 10.2. The highest BCUT2D eigenvalue weighted by Gasteiger charge is 2.11. The van der Waals surface area contributed by atoms with Crippen LogP contribution in [0.1, 0.15) is 26.2 Å². The Hall–Kier alpha value is -0.610. The van der Waals surface area contributed by atoms with Crippen LogP contribution in [0.4, 0.5) is 0 Å². The molecule has 0 saturated carbocycles. The molecule has 0 aliphatic carbocycles. The van der Waals surface area contributed by atoms with Gasteiger partial charge in [0.15, 0.2) is 0 Å². The summed E-state index contributed by atoms with van der Waals surface area (Å²) >= 11 is 0. The number of hydrogen-bond donors (Lipinski definition) is 2. The van der Waals surface area contributed by atoms with Gasteiger partial charge < -0.3 is 15.8 Å². The zero-order valence-corrected chi connectivity index (χ0v) is 8.51. The number of carbonyl (C=O) groups is 1. The fourth-order valence-corrected chi connectivity index (χ4v) is 0.954. The van der Waals surface area contributed by atoms with Crippen molar-refractivity contribution < 1.29 is 9.53 Å². The Kier molecular flexibility index (Phi) is 7.63. The lowest BCUT2D eigenvalue weighted by molar-refractivity contribution is -0.142. The fraction of sp³-hybridized carbons (Fsp3) is 0.889. The molecule has 0 aliphatic heterocycles. The first-order chi connectivity index (χ1) is 6.22. The summed E-state index contributed by atoms with van der Waals surface area (Å²) in [7, 11) is 1.35. The number of nitrogens with one attached hydrogen (secondary N) is 1. The quantitative estimate of drug-likeness (QED) is 0.444. The van der Waals surface area contributed by atoms with Crippen LogP contribution in [0.25, 0.3) is 0 Å². The zero-order valence-electron chi connectivity index (χ0n) is 8.51. The second-order valence-corrected chi connectivity index (χ2v) is 3.02. The van der Waals surface area contributed by atoms with Gasteiger partial charge in [-0.05, 0) is 25.9 Å². The molecule has 3 N–H and O–H groups in total. The maximum atomic E-state index is 10.9. The smallest absolute Gasteiger partial charge is 0.322 e. The number of unbranched alkanes of at least 4 members (excludes halogenated alkanes) is 1. The first-order valence-corrected chi connectivity index (χ1v) is 4.76. The predicted molar refractivity (Wildman–Crippen MR) is 52.4 cm³/mol. The summed E-state index contributed by atoms with van der Waals surface area (Å²) in [4.78, 5) is 10.9. The van der Waals surface area contributed by atoms with Gasteiger partial charge in [-0.1, -0.05) is 13.3 Å². The maximum absolute atomic E-state index is 10.9. The average molecular weight is 188 g/mol. The third kappa shape index (κ3) is 6.54. The first-order valence-electron chi connectivity index (χ1n) is 4.76. The Morgan fingerprint density at radius 2 is 2.23 bits per heavy atom. The fourth-order valence-electron chi connectivity index (χ4n) is 0.954. The van der Waals surface area contributed by atoms with Crippen molar-refractivity contribution in [2.45, 2.75) is 32.2 Å². The van der Waals surface area contributed by atoms with E-state index >= 15 is 0 Å². The highest BCUT2D eigenvalue weighted by molar-refractivity contribution is 5.75. The summed E-state index contributed by atoms with van der Waals surface area (Å²) in [6.45, 7) is 3.91. The van der Waals surface area contributed by atoms with E-state index in [9.17, 15) is 4.79 Å². The minimum Gasteiger partial charge on any atom is -0.468 e. The third-order valence-corrected chi connectivity index (χ3v) is 1.84. The van der Waals surface area contributed by atoms with Crippen molar-refractivity contribution in [2.75, 3.05) is 20.2 Å². The average Bonchev–Trinajstić information content (AvgIpc) is 2.16. The van der Waals surface area contributed by atoms with Crippen LogP contribution in [0, 0.1) is 0 Å². The number of carbonyl (C=O) groups excluding carboxylic acids is 1. The van der Waals surface area contributed by atoms with E-state index in [4.69, 9.17) is 5.73 Å². The number of hydrogen-bond acceptors (Lipinski definition) is 4. The summed E-state index contributed by atoms with van der Waals surface area (Å²) in [5, 5.41) is 3.21. The van der Waals surface area contributed by atoms with Crippen LogP contribution in [0.3, 0.4) is 0 Å². The molecule has 0 saturated heterocycles. The van der Waals surface area contributed by atoms with Crippen molar-refractivity contribution in [3.63, 3.8) is 0 Å². The van der Waals surface area contributed by atoms with Gasteiger partial charge in [-0.15, -0.1) is 0 Å². The number of ether oxygens (including phenoxy) is 1. The standard InChI is InChI=1S/C9H20N2O2/c1-3-4-6-11-7-5-8(10)9(12)13-2/h8,11H,3-7,10H2,1-2H3. The molecule has 13 heavy (non-hydrogen) atoms. The molecule has 0 aromatic rings. The number of nitrogens with two attached hydrogens (primary N) is 1. The molecule has 0 heterocycles. The Labute approximate surface area is 79.8 Å². The van der Waals surface area contributed by atoms with Crippen LogP contribution in [-0.4, -0.2) is 32.2 Å². The van der Waals surface area contributed by atoms with Gasteiger partial charge >= 0.3 is 5.97 Å². The van der Waals surface area contributed by atoms with E-state index in [2.05, 4.69) is 17.0 Å². The lowest BCUT2D eigenvalue weighted by Crippen LogP contribution is -2.35. The molecule has 0 fully saturated rings. The monoisotopic (exact) mass is 188 g/mol. The maximum Gasteiger partial charge on any atom is 0.322 e. The molecule has 4 heteroatoms. The predicted octanol–water partition coefficient (Wildman–Crippen LogP) is 0.267. The zero-order chi connectivity index (χ0) is 10.1. The molecule has 0 amide bonds. The Morgan fingerprint density at radius 1 is 1.54 bits per heavy atom. The van der Waals surface area contributed by atoms with E-state index in [1.165, 1.54) is 13.5 Å². The summed E-state index contributed by atoms with van der Waals surface area (Å²) in [5.74, 6) is -0.336. The van der Waals surface area contributed by atoms with Crippen LogP contribution >= 0.6 is 0 Å². The van der Waals surface area contributed by atoms with Gasteiger partial charge in [0.2, 0.25) is 0 Å².